The molecule has 2 nitrogen and oxygen atoms in total. The van der Waals surface area contributed by atoms with Gasteiger partial charge in [-0.15, -0.1) is 0 Å². The van der Waals surface area contributed by atoms with E-state index in [1.807, 2.05) is 0 Å². The summed E-state index contributed by atoms with van der Waals surface area (Å²) in [6.45, 7) is 2.00. The lowest BCUT2D eigenvalue weighted by Gasteiger charge is -2.20. The molecule has 1 aliphatic heterocycles. The normalized spacial score (nSPS) is 18.5. The Balaban J connectivity index is 1.60. The SMILES string of the molecule is CN1CCC[C@@H]1COc1ccccc1CCc1ccccc1. The van der Waals surface area contributed by atoms with E-state index in [9.17, 15) is 0 Å². The lowest BCUT2D eigenvalue weighted by Crippen LogP contribution is -2.30. The predicted octanol–water partition coefficient (Wildman–Crippen LogP) is 3.94. The third-order valence-electron chi connectivity index (χ3n) is 4.60. The highest BCUT2D eigenvalue weighted by Crippen LogP contribution is 2.22. The van der Waals surface area contributed by atoms with Gasteiger partial charge in [0.2, 0.25) is 0 Å². The second kappa shape index (κ2) is 7.46. The van der Waals surface area contributed by atoms with E-state index in [0.29, 0.717) is 6.04 Å². The number of para-hydroxylation sites is 1. The van der Waals surface area contributed by atoms with Gasteiger partial charge in [-0.25, -0.2) is 0 Å². The molecule has 2 heteroatoms. The van der Waals surface area contributed by atoms with Gasteiger partial charge in [-0.1, -0.05) is 48.5 Å². The molecule has 1 heterocycles. The van der Waals surface area contributed by atoms with Crippen LogP contribution >= 0.6 is 0 Å². The Hall–Kier alpha value is -1.80. The molecule has 116 valence electrons. The fourth-order valence-corrected chi connectivity index (χ4v) is 3.15. The first-order chi connectivity index (χ1) is 10.8. The summed E-state index contributed by atoms with van der Waals surface area (Å²) >= 11 is 0. The Kier molecular flexibility index (Phi) is 5.12. The van der Waals surface area contributed by atoms with E-state index in [0.717, 1.165) is 25.2 Å². The van der Waals surface area contributed by atoms with Gasteiger partial charge in [0.25, 0.3) is 0 Å². The van der Waals surface area contributed by atoms with Crippen LogP contribution in [0.5, 0.6) is 5.75 Å². The molecule has 0 amide bonds. The second-order valence-corrected chi connectivity index (χ2v) is 6.18. The second-order valence-electron chi connectivity index (χ2n) is 6.18. The highest BCUT2D eigenvalue weighted by atomic mass is 16.5. The van der Waals surface area contributed by atoms with E-state index in [-0.39, 0.29) is 0 Å². The molecule has 0 bridgehead atoms. The van der Waals surface area contributed by atoms with Gasteiger partial charge in [0.15, 0.2) is 0 Å². The molecule has 0 aromatic heterocycles. The van der Waals surface area contributed by atoms with Crippen molar-refractivity contribution in [2.45, 2.75) is 31.7 Å². The monoisotopic (exact) mass is 295 g/mol. The van der Waals surface area contributed by atoms with Crippen LogP contribution in [0.25, 0.3) is 0 Å². The van der Waals surface area contributed by atoms with E-state index >= 15 is 0 Å². The quantitative estimate of drug-likeness (QED) is 0.800. The third kappa shape index (κ3) is 3.89. The summed E-state index contributed by atoms with van der Waals surface area (Å²) in [7, 11) is 2.20. The molecule has 0 unspecified atom stereocenters. The fourth-order valence-electron chi connectivity index (χ4n) is 3.15. The van der Waals surface area contributed by atoms with E-state index in [1.54, 1.807) is 0 Å². The number of hydrogen-bond donors (Lipinski definition) is 0. The summed E-state index contributed by atoms with van der Waals surface area (Å²) in [6, 6.07) is 19.7. The van der Waals surface area contributed by atoms with Crippen LogP contribution < -0.4 is 4.74 Å². The molecule has 1 aliphatic rings. The number of aryl methyl sites for hydroxylation is 2. The molecule has 3 rings (SSSR count). The minimum absolute atomic E-state index is 0.571. The van der Waals surface area contributed by atoms with Gasteiger partial charge in [-0.05, 0) is 56.5 Å². The van der Waals surface area contributed by atoms with Crippen LogP contribution in [-0.4, -0.2) is 31.1 Å². The minimum atomic E-state index is 0.571. The van der Waals surface area contributed by atoms with E-state index < -0.39 is 0 Å². The van der Waals surface area contributed by atoms with E-state index in [1.165, 1.54) is 30.5 Å². The Morgan fingerprint density at radius 2 is 1.77 bits per heavy atom. The summed E-state index contributed by atoms with van der Waals surface area (Å²) in [5, 5.41) is 0. The average molecular weight is 295 g/mol. The van der Waals surface area contributed by atoms with Crippen molar-refractivity contribution in [1.29, 1.82) is 0 Å². The molecule has 0 radical (unpaired) electrons. The lowest BCUT2D eigenvalue weighted by molar-refractivity contribution is 0.197. The number of hydrogen-bond acceptors (Lipinski definition) is 2. The van der Waals surface area contributed by atoms with Crippen LogP contribution in [0.2, 0.25) is 0 Å². The Morgan fingerprint density at radius 1 is 1.00 bits per heavy atom. The van der Waals surface area contributed by atoms with Crippen LogP contribution in [-0.2, 0) is 12.8 Å². The average Bonchev–Trinajstić information content (AvgIpc) is 2.98. The highest BCUT2D eigenvalue weighted by Gasteiger charge is 2.21. The van der Waals surface area contributed by atoms with Crippen molar-refractivity contribution < 1.29 is 4.74 Å². The summed E-state index contributed by atoms with van der Waals surface area (Å²) in [4.78, 5) is 2.41. The summed E-state index contributed by atoms with van der Waals surface area (Å²) in [5.74, 6) is 1.05. The molecule has 1 atom stereocenters. The first-order valence-corrected chi connectivity index (χ1v) is 8.28. The minimum Gasteiger partial charge on any atom is -0.492 e. The maximum atomic E-state index is 6.14. The van der Waals surface area contributed by atoms with Crippen molar-refractivity contribution in [3.8, 4) is 5.75 Å². The van der Waals surface area contributed by atoms with E-state index in [4.69, 9.17) is 4.74 Å². The molecular weight excluding hydrogens is 270 g/mol. The lowest BCUT2D eigenvalue weighted by atomic mass is 10.0. The molecule has 0 spiro atoms. The zero-order valence-electron chi connectivity index (χ0n) is 13.4. The highest BCUT2D eigenvalue weighted by molar-refractivity contribution is 5.34. The van der Waals surface area contributed by atoms with Gasteiger partial charge in [0, 0.05) is 6.04 Å². The zero-order chi connectivity index (χ0) is 15.2. The number of likely N-dealkylation sites (tertiary alicyclic amines) is 1. The molecule has 1 saturated heterocycles. The molecule has 0 aliphatic carbocycles. The third-order valence-corrected chi connectivity index (χ3v) is 4.60. The fraction of sp³-hybridized carbons (Fsp3) is 0.400. The van der Waals surface area contributed by atoms with Gasteiger partial charge in [-0.2, -0.15) is 0 Å². The van der Waals surface area contributed by atoms with Crippen molar-refractivity contribution in [2.24, 2.45) is 0 Å². The predicted molar refractivity (Wildman–Crippen MR) is 91.4 cm³/mol. The first-order valence-electron chi connectivity index (χ1n) is 8.28. The topological polar surface area (TPSA) is 12.5 Å². The molecule has 2 aromatic carbocycles. The maximum Gasteiger partial charge on any atom is 0.122 e. The van der Waals surface area contributed by atoms with Gasteiger partial charge in [0.1, 0.15) is 12.4 Å². The largest absolute Gasteiger partial charge is 0.492 e. The smallest absolute Gasteiger partial charge is 0.122 e. The van der Waals surface area contributed by atoms with Crippen LogP contribution in [0.3, 0.4) is 0 Å². The van der Waals surface area contributed by atoms with Crippen molar-refractivity contribution in [3.63, 3.8) is 0 Å². The number of likely N-dealkylation sites (N-methyl/N-ethyl adjacent to an activating group) is 1. The Bertz CT molecular complexity index is 581. The first kappa shape index (κ1) is 15.1. The van der Waals surface area contributed by atoms with Crippen LogP contribution in [0.1, 0.15) is 24.0 Å². The van der Waals surface area contributed by atoms with Crippen molar-refractivity contribution in [1.82, 2.24) is 4.90 Å². The number of benzene rings is 2. The van der Waals surface area contributed by atoms with Crippen LogP contribution in [0.15, 0.2) is 54.6 Å². The van der Waals surface area contributed by atoms with Crippen molar-refractivity contribution >= 4 is 0 Å². The van der Waals surface area contributed by atoms with Gasteiger partial charge in [0.05, 0.1) is 0 Å². The van der Waals surface area contributed by atoms with Gasteiger partial charge >= 0.3 is 0 Å². The Morgan fingerprint density at radius 3 is 2.55 bits per heavy atom. The number of ether oxygens (including phenoxy) is 1. The number of nitrogens with zero attached hydrogens (tertiary/aromatic N) is 1. The summed E-state index contributed by atoms with van der Waals surface area (Å²) in [5.41, 5.74) is 2.69. The molecule has 2 aromatic rings. The van der Waals surface area contributed by atoms with Crippen LogP contribution in [0, 0.1) is 0 Å². The molecule has 1 fully saturated rings. The van der Waals surface area contributed by atoms with Crippen molar-refractivity contribution in [2.75, 3.05) is 20.2 Å². The molecule has 0 saturated carbocycles. The maximum absolute atomic E-state index is 6.14. The van der Waals surface area contributed by atoms with Gasteiger partial charge in [-0.3, -0.25) is 0 Å². The van der Waals surface area contributed by atoms with Crippen LogP contribution in [0.4, 0.5) is 0 Å². The van der Waals surface area contributed by atoms with Crippen molar-refractivity contribution in [3.05, 3.63) is 65.7 Å². The number of rotatable bonds is 6. The summed E-state index contributed by atoms with van der Waals surface area (Å²) in [6.07, 6.45) is 4.63. The molecule has 22 heavy (non-hydrogen) atoms. The Labute approximate surface area is 133 Å². The standard InChI is InChI=1S/C20H25NO/c1-21-15-7-11-19(21)16-22-20-12-6-5-10-18(20)14-13-17-8-3-2-4-9-17/h2-6,8-10,12,19H,7,11,13-16H2,1H3/t19-/m1/s1. The zero-order valence-corrected chi connectivity index (χ0v) is 13.4. The molecule has 0 N–H and O–H groups in total. The molecular formula is C20H25NO. The summed E-state index contributed by atoms with van der Waals surface area (Å²) < 4.78 is 6.14. The van der Waals surface area contributed by atoms with Gasteiger partial charge < -0.3 is 9.64 Å². The van der Waals surface area contributed by atoms with E-state index in [2.05, 4.69) is 66.5 Å².